The molecule has 0 radical (unpaired) electrons. The smallest absolute Gasteiger partial charge is 0.387 e. The maximum atomic E-state index is 13.2. The fourth-order valence-corrected chi connectivity index (χ4v) is 6.28. The van der Waals surface area contributed by atoms with Crippen molar-refractivity contribution in [1.82, 2.24) is 15.1 Å². The predicted octanol–water partition coefficient (Wildman–Crippen LogP) is 4.95. The molecule has 288 valence electrons. The monoisotopic (exact) mass is 761 g/mol. The lowest BCUT2D eigenvalue weighted by molar-refractivity contribution is -0.130. The minimum Gasteiger partial charge on any atom is -0.435 e. The zero-order valence-corrected chi connectivity index (χ0v) is 30.1. The lowest BCUT2D eigenvalue weighted by atomic mass is 9.82. The molecule has 0 saturated carbocycles. The van der Waals surface area contributed by atoms with Crippen molar-refractivity contribution in [3.05, 3.63) is 130 Å². The Hall–Kier alpha value is -6.29. The molecular weight excluding hydrogens is 722 g/mol. The van der Waals surface area contributed by atoms with Gasteiger partial charge in [0.05, 0.1) is 0 Å². The first-order valence-electron chi connectivity index (χ1n) is 17.0. The van der Waals surface area contributed by atoms with Crippen LogP contribution in [0.4, 0.5) is 17.6 Å². The summed E-state index contributed by atoms with van der Waals surface area (Å²) in [7, 11) is 3.05. The van der Waals surface area contributed by atoms with Crippen LogP contribution in [0.2, 0.25) is 0 Å². The number of nitrogens with zero attached hydrogens (tertiary/aromatic N) is 4. The highest BCUT2D eigenvalue weighted by atomic mass is 19.3. The highest BCUT2D eigenvalue weighted by Crippen LogP contribution is 2.41. The molecule has 0 saturated heterocycles. The lowest BCUT2D eigenvalue weighted by Gasteiger charge is -2.26. The van der Waals surface area contributed by atoms with Crippen LogP contribution in [-0.2, 0) is 27.2 Å². The molecule has 2 atom stereocenters. The van der Waals surface area contributed by atoms with Gasteiger partial charge in [0, 0.05) is 26.2 Å². The summed E-state index contributed by atoms with van der Waals surface area (Å²) in [4.78, 5) is 48.7. The van der Waals surface area contributed by atoms with Gasteiger partial charge in [0.2, 0.25) is 0 Å². The molecule has 4 aromatic carbocycles. The van der Waals surface area contributed by atoms with Crippen LogP contribution in [0.25, 0.3) is 0 Å². The SMILES string of the molecule is CCCNCc1cccc(C2(c3ccc(OC(F)F)cc3)N=C(N)N(C)C2=O)c1.CN1C(=O)C(c2ccc(OC(F)F)cc2)(c2cccc(C=O)c2)N=C1N. The third-order valence-corrected chi connectivity index (χ3v) is 9.02. The van der Waals surface area contributed by atoms with Crippen LogP contribution >= 0.6 is 0 Å². The van der Waals surface area contributed by atoms with E-state index in [0.29, 0.717) is 40.6 Å². The predicted molar refractivity (Wildman–Crippen MR) is 197 cm³/mol. The van der Waals surface area contributed by atoms with Crippen LogP contribution in [0.5, 0.6) is 11.5 Å². The van der Waals surface area contributed by atoms with E-state index in [1.54, 1.807) is 43.4 Å². The van der Waals surface area contributed by atoms with Crippen molar-refractivity contribution >= 4 is 30.0 Å². The average Bonchev–Trinajstić information content (AvgIpc) is 3.55. The second kappa shape index (κ2) is 16.8. The van der Waals surface area contributed by atoms with E-state index >= 15 is 0 Å². The number of guanidine groups is 2. The van der Waals surface area contributed by atoms with Gasteiger partial charge in [0.15, 0.2) is 23.0 Å². The molecule has 4 aromatic rings. The fourth-order valence-electron chi connectivity index (χ4n) is 6.28. The number of hydrogen-bond acceptors (Lipinski definition) is 10. The molecule has 2 aliphatic heterocycles. The Morgan fingerprint density at radius 2 is 1.16 bits per heavy atom. The molecule has 2 heterocycles. The summed E-state index contributed by atoms with van der Waals surface area (Å²) in [6, 6.07) is 25.5. The molecule has 2 aliphatic rings. The van der Waals surface area contributed by atoms with Crippen LogP contribution in [0.3, 0.4) is 0 Å². The normalized spacial score (nSPS) is 19.3. The van der Waals surface area contributed by atoms with Crippen molar-refractivity contribution in [2.45, 2.75) is 44.2 Å². The Labute approximate surface area is 314 Å². The highest BCUT2D eigenvalue weighted by Gasteiger charge is 2.50. The fraction of sp³-hybridized carbons (Fsp3) is 0.256. The Morgan fingerprint density at radius 3 is 1.56 bits per heavy atom. The van der Waals surface area contributed by atoms with E-state index in [0.717, 1.165) is 18.5 Å². The summed E-state index contributed by atoms with van der Waals surface area (Å²) >= 11 is 0. The number of benzene rings is 4. The molecular formula is C39H39F4N7O5. The van der Waals surface area contributed by atoms with Crippen LogP contribution in [0, 0.1) is 0 Å². The Balaban J connectivity index is 0.000000212. The van der Waals surface area contributed by atoms with E-state index in [2.05, 4.69) is 31.7 Å². The molecule has 2 unspecified atom stereocenters. The summed E-state index contributed by atoms with van der Waals surface area (Å²) in [5.41, 5.74) is 12.4. The summed E-state index contributed by atoms with van der Waals surface area (Å²) in [6.45, 7) is -2.25. The van der Waals surface area contributed by atoms with Gasteiger partial charge in [-0.25, -0.2) is 9.98 Å². The summed E-state index contributed by atoms with van der Waals surface area (Å²) in [5, 5.41) is 3.33. The molecule has 0 spiro atoms. The number of hydrogen-bond donors (Lipinski definition) is 3. The van der Waals surface area contributed by atoms with E-state index in [9.17, 15) is 31.9 Å². The Kier molecular flexibility index (Phi) is 12.2. The van der Waals surface area contributed by atoms with Gasteiger partial charge in [-0.15, -0.1) is 0 Å². The molecule has 6 rings (SSSR count). The molecule has 0 fully saturated rings. The molecule has 16 heteroatoms. The van der Waals surface area contributed by atoms with Crippen molar-refractivity contribution in [3.63, 3.8) is 0 Å². The first-order valence-corrected chi connectivity index (χ1v) is 17.0. The van der Waals surface area contributed by atoms with Gasteiger partial charge < -0.3 is 26.3 Å². The topological polar surface area (TPSA) is 165 Å². The number of rotatable bonds is 13. The van der Waals surface area contributed by atoms with E-state index in [1.807, 2.05) is 24.3 Å². The number of alkyl halides is 4. The minimum atomic E-state index is -2.95. The molecule has 2 amide bonds. The molecule has 55 heavy (non-hydrogen) atoms. The third-order valence-electron chi connectivity index (χ3n) is 9.02. The number of carbonyl (C=O) groups excluding carboxylic acids is 3. The number of nitrogens with one attached hydrogen (secondary N) is 1. The summed E-state index contributed by atoms with van der Waals surface area (Å²) < 4.78 is 58.4. The Morgan fingerprint density at radius 1 is 0.709 bits per heavy atom. The van der Waals surface area contributed by atoms with E-state index in [4.69, 9.17) is 11.5 Å². The van der Waals surface area contributed by atoms with E-state index in [1.165, 1.54) is 53.2 Å². The van der Waals surface area contributed by atoms with E-state index in [-0.39, 0.29) is 29.3 Å². The van der Waals surface area contributed by atoms with Crippen LogP contribution in [-0.4, -0.2) is 73.7 Å². The maximum absolute atomic E-state index is 13.2. The molecule has 0 aromatic heterocycles. The van der Waals surface area contributed by atoms with Crippen LogP contribution in [0.15, 0.2) is 107 Å². The number of aldehydes is 1. The van der Waals surface area contributed by atoms with E-state index < -0.39 is 30.2 Å². The lowest BCUT2D eigenvalue weighted by Crippen LogP contribution is -2.41. The van der Waals surface area contributed by atoms with Crippen LogP contribution in [0.1, 0.15) is 51.5 Å². The number of amides is 2. The largest absolute Gasteiger partial charge is 0.435 e. The Bertz CT molecular complexity index is 2080. The number of halogens is 4. The molecule has 5 N–H and O–H groups in total. The number of likely N-dealkylation sites (N-methyl/N-ethyl adjacent to an activating group) is 2. The second-order valence-corrected chi connectivity index (χ2v) is 12.5. The second-order valence-electron chi connectivity index (χ2n) is 12.5. The highest BCUT2D eigenvalue weighted by molar-refractivity contribution is 6.09. The number of nitrogens with two attached hydrogens (primary N) is 2. The molecule has 0 aliphatic carbocycles. The van der Waals surface area contributed by atoms with Crippen molar-refractivity contribution in [2.24, 2.45) is 21.5 Å². The van der Waals surface area contributed by atoms with Gasteiger partial charge >= 0.3 is 13.2 Å². The first-order chi connectivity index (χ1) is 26.3. The van der Waals surface area contributed by atoms with Crippen molar-refractivity contribution in [2.75, 3.05) is 20.6 Å². The van der Waals surface area contributed by atoms with Gasteiger partial charge in [-0.1, -0.05) is 73.7 Å². The summed E-state index contributed by atoms with van der Waals surface area (Å²) in [5.74, 6) is -0.655. The van der Waals surface area contributed by atoms with Crippen molar-refractivity contribution < 1.29 is 41.4 Å². The minimum absolute atomic E-state index is 0.00664. The zero-order valence-electron chi connectivity index (χ0n) is 30.1. The number of aliphatic imine (C=N–C) groups is 2. The van der Waals surface area contributed by atoms with Gasteiger partial charge in [0.25, 0.3) is 11.8 Å². The summed E-state index contributed by atoms with van der Waals surface area (Å²) in [6.07, 6.45) is 1.67. The van der Waals surface area contributed by atoms with Gasteiger partial charge in [-0.3, -0.25) is 24.2 Å². The van der Waals surface area contributed by atoms with Gasteiger partial charge in [0.1, 0.15) is 17.8 Å². The standard InChI is InChI=1S/C21H24F2N4O2.C18H15F2N3O3/c1-3-11-25-13-14-5-4-6-16(12-14)21(18(28)27(2)20(24)26-21)15-7-9-17(10-8-15)29-19(22)23;1-23-15(25)18(22-17(23)21,13-4-2-3-11(9-13)10-24)12-5-7-14(8-6-12)26-16(19)20/h4-10,12,19,25H,3,11,13H2,1-2H3,(H2,24,26);2-10,16H,1H3,(H2,21,22). The quantitative estimate of drug-likeness (QED) is 0.0979. The van der Waals surface area contributed by atoms with Gasteiger partial charge in [-0.05, 0) is 71.1 Å². The molecule has 0 bridgehead atoms. The first kappa shape index (κ1) is 39.9. The van der Waals surface area contributed by atoms with Crippen molar-refractivity contribution in [3.8, 4) is 11.5 Å². The zero-order chi connectivity index (χ0) is 39.9. The third kappa shape index (κ3) is 8.13. The maximum Gasteiger partial charge on any atom is 0.387 e. The number of ether oxygens (including phenoxy) is 2. The molecule has 12 nitrogen and oxygen atoms in total. The number of carbonyl (C=O) groups is 3. The van der Waals surface area contributed by atoms with Crippen molar-refractivity contribution in [1.29, 1.82) is 0 Å². The average molecular weight is 762 g/mol. The van der Waals surface area contributed by atoms with Crippen LogP contribution < -0.4 is 26.3 Å². The van der Waals surface area contributed by atoms with Gasteiger partial charge in [-0.2, -0.15) is 17.6 Å².